The summed E-state index contributed by atoms with van der Waals surface area (Å²) < 4.78 is 36.0. The van der Waals surface area contributed by atoms with Crippen LogP contribution in [0.5, 0.6) is 0 Å². The molecule has 0 aliphatic carbocycles. The number of rotatable bonds is 18. The van der Waals surface area contributed by atoms with E-state index in [9.17, 15) is 32.7 Å². The number of carbonyl (C=O) groups is 5. The van der Waals surface area contributed by atoms with Crippen molar-refractivity contribution in [2.45, 2.75) is 120 Å². The number of hydrogen-bond acceptors (Lipinski definition) is 11. The van der Waals surface area contributed by atoms with Gasteiger partial charge in [0.25, 0.3) is 17.7 Å². The minimum absolute atomic E-state index is 0.000474. The van der Waals surface area contributed by atoms with Crippen molar-refractivity contribution >= 4 is 62.2 Å². The minimum atomic E-state index is -4.45. The van der Waals surface area contributed by atoms with E-state index in [2.05, 4.69) is 38.5 Å². The molecule has 0 radical (unpaired) electrons. The molecule has 2 aliphatic rings. The van der Waals surface area contributed by atoms with Gasteiger partial charge in [0.1, 0.15) is 16.8 Å². The van der Waals surface area contributed by atoms with Crippen LogP contribution in [0.1, 0.15) is 93.3 Å². The zero-order valence-corrected chi connectivity index (χ0v) is 39.3. The van der Waals surface area contributed by atoms with E-state index >= 15 is 4.79 Å². The van der Waals surface area contributed by atoms with Crippen LogP contribution in [0.3, 0.4) is 0 Å². The molecule has 4 atom stereocenters. The molecular weight excluding hydrogens is 942 g/mol. The van der Waals surface area contributed by atoms with E-state index in [1.807, 2.05) is 38.1 Å². The van der Waals surface area contributed by atoms with Crippen molar-refractivity contribution in [2.24, 2.45) is 11.5 Å². The molecule has 3 aromatic carbocycles. The van der Waals surface area contributed by atoms with Crippen molar-refractivity contribution in [3.63, 3.8) is 0 Å². The summed E-state index contributed by atoms with van der Waals surface area (Å²) in [5, 5.41) is 22.4. The molecule has 2 heterocycles. The van der Waals surface area contributed by atoms with Crippen molar-refractivity contribution in [2.75, 3.05) is 13.1 Å². The molecule has 0 saturated carbocycles. The number of halogens is 1. The second-order valence-corrected chi connectivity index (χ2v) is 20.2. The number of carbonyl (C=O) groups excluding carboxylic acids is 5. The lowest BCUT2D eigenvalue weighted by atomic mass is 9.85. The number of unbranched alkanes of at least 4 members (excludes halogenated alkanes) is 1. The summed E-state index contributed by atoms with van der Waals surface area (Å²) in [6.07, 6.45) is -0.780. The Morgan fingerprint density at radius 3 is 2.30 bits per heavy atom. The maximum absolute atomic E-state index is 15.0. The van der Waals surface area contributed by atoms with Crippen LogP contribution in [0.4, 0.5) is 4.79 Å². The van der Waals surface area contributed by atoms with Crippen molar-refractivity contribution in [1.82, 2.24) is 26.0 Å². The zero-order valence-electron chi connectivity index (χ0n) is 36.3. The number of fused-ring (bicyclic) bond motifs is 1. The topological polar surface area (TPSA) is 244 Å². The van der Waals surface area contributed by atoms with E-state index in [4.69, 9.17) is 16.2 Å². The van der Waals surface area contributed by atoms with Crippen LogP contribution in [0.15, 0.2) is 88.3 Å². The minimum Gasteiger partial charge on any atom is -0.444 e. The number of alkyl carbamates (subject to hydrolysis) is 1. The van der Waals surface area contributed by atoms with Crippen molar-refractivity contribution < 1.29 is 42.2 Å². The number of hydrazine groups is 1. The Kier molecular flexibility index (Phi) is 16.2. The lowest BCUT2D eigenvalue weighted by molar-refractivity contribution is -0.160. The van der Waals surface area contributed by atoms with Gasteiger partial charge in [-0.2, -0.15) is 0 Å². The molecule has 0 bridgehead atoms. The number of ether oxygens (including phenoxy) is 1. The molecule has 340 valence electrons. The van der Waals surface area contributed by atoms with Crippen molar-refractivity contribution in [1.29, 1.82) is 0 Å². The smallest absolute Gasteiger partial charge is 0.407 e. The predicted octanol–water partition coefficient (Wildman–Crippen LogP) is 4.11. The van der Waals surface area contributed by atoms with Gasteiger partial charge in [-0.1, -0.05) is 55.3 Å². The molecule has 16 nitrogen and oxygen atoms in total. The average Bonchev–Trinajstić information content (AvgIpc) is 3.55. The van der Waals surface area contributed by atoms with Gasteiger partial charge in [-0.3, -0.25) is 19.2 Å². The number of primary amides is 1. The monoisotopic (exact) mass is 999 g/mol. The molecule has 1 saturated heterocycles. The van der Waals surface area contributed by atoms with Gasteiger partial charge < -0.3 is 37.3 Å². The quantitative estimate of drug-likeness (QED) is 0.0783. The molecule has 63 heavy (non-hydrogen) atoms. The number of aliphatic hydroxyl groups excluding tert-OH is 1. The molecule has 18 heteroatoms. The molecule has 1 fully saturated rings. The highest BCUT2D eigenvalue weighted by Gasteiger charge is 2.56. The van der Waals surface area contributed by atoms with E-state index in [0.29, 0.717) is 18.4 Å². The molecule has 8 N–H and O–H groups in total. The van der Waals surface area contributed by atoms with Gasteiger partial charge in [0.2, 0.25) is 15.7 Å². The number of sulfone groups is 1. The lowest BCUT2D eigenvalue weighted by Crippen LogP contribution is -2.66. The molecule has 5 rings (SSSR count). The summed E-state index contributed by atoms with van der Waals surface area (Å²) in [5.74, 6) is -3.14. The first-order valence-corrected chi connectivity index (χ1v) is 23.5. The SMILES string of the molecule is CCCC1C(S(=O)(=O)c2ccc(C)cc2)=C(C(=O)N[C@@H](CCCCNC(=O)OC(C)(C)C)C(O)C(=O)NCc2ccc(C(N)=O)cc2)N2C(=O)C(N)(Cc3cccc(I)c3)CCN12. The third-order valence-electron chi connectivity index (χ3n) is 10.9. The van der Waals surface area contributed by atoms with E-state index in [0.717, 1.165) is 19.7 Å². The van der Waals surface area contributed by atoms with Gasteiger partial charge in [0.15, 0.2) is 6.10 Å². The summed E-state index contributed by atoms with van der Waals surface area (Å²) in [5.41, 5.74) is 12.1. The first-order valence-electron chi connectivity index (χ1n) is 21.0. The van der Waals surface area contributed by atoms with Gasteiger partial charge >= 0.3 is 6.09 Å². The van der Waals surface area contributed by atoms with Crippen LogP contribution in [0.2, 0.25) is 0 Å². The van der Waals surface area contributed by atoms with E-state index < -0.39 is 74.6 Å². The second kappa shape index (κ2) is 20.7. The number of nitrogens with zero attached hydrogens (tertiary/aromatic N) is 2. The van der Waals surface area contributed by atoms with Crippen LogP contribution in [-0.2, 0) is 41.9 Å². The van der Waals surface area contributed by atoms with E-state index in [1.165, 1.54) is 24.3 Å². The standard InChI is InChI=1S/C45H58IN7O9S/c1-6-10-35-38(63(60,61)33-20-14-28(2)15-21-33)36(53-42(58)45(48,22-24-52(35)53)26-30-11-9-12-32(46)25-30)40(56)51-34(13-7-8-23-49-43(59)62-44(3,4)5)37(54)41(57)50-27-29-16-18-31(19-17-29)39(47)55/h9,11-12,14-21,25,34-35,37,54H,6-8,10,13,22-24,26-27,48H2,1-5H3,(H2,47,55)(H,49,59)(H,50,57)(H,51,56)/t34-,35?,37?,45?/m0/s1. The Labute approximate surface area is 382 Å². The van der Waals surface area contributed by atoms with Gasteiger partial charge in [-0.15, -0.1) is 0 Å². The lowest BCUT2D eigenvalue weighted by Gasteiger charge is -2.45. The maximum Gasteiger partial charge on any atom is 0.407 e. The Morgan fingerprint density at radius 1 is 1.00 bits per heavy atom. The first kappa shape index (κ1) is 49.1. The van der Waals surface area contributed by atoms with Crippen molar-refractivity contribution in [3.8, 4) is 0 Å². The molecule has 3 unspecified atom stereocenters. The number of hydrogen-bond donors (Lipinski definition) is 6. The predicted molar refractivity (Wildman–Crippen MR) is 245 cm³/mol. The van der Waals surface area contributed by atoms with Gasteiger partial charge in [0, 0.05) is 28.8 Å². The highest BCUT2D eigenvalue weighted by atomic mass is 127. The summed E-state index contributed by atoms with van der Waals surface area (Å²) in [6.45, 7) is 9.18. The normalized spacial score (nSPS) is 19.0. The number of nitrogens with two attached hydrogens (primary N) is 2. The van der Waals surface area contributed by atoms with Crippen LogP contribution in [0, 0.1) is 10.5 Å². The molecule has 0 aromatic heterocycles. The molecule has 0 spiro atoms. The van der Waals surface area contributed by atoms with Crippen LogP contribution in [-0.4, -0.2) is 95.7 Å². The Morgan fingerprint density at radius 2 is 1.68 bits per heavy atom. The Balaban J connectivity index is 1.52. The molecule has 5 amide bonds. The van der Waals surface area contributed by atoms with E-state index in [-0.39, 0.29) is 67.1 Å². The van der Waals surface area contributed by atoms with Crippen molar-refractivity contribution in [3.05, 3.63) is 109 Å². The third kappa shape index (κ3) is 12.2. The largest absolute Gasteiger partial charge is 0.444 e. The fourth-order valence-corrected chi connectivity index (χ4v) is 10.0. The summed E-state index contributed by atoms with van der Waals surface area (Å²) in [6, 6.07) is 17.7. The maximum atomic E-state index is 15.0. The number of aliphatic hydroxyl groups is 1. The molecular formula is C45H58IN7O9S. The number of amides is 5. The summed E-state index contributed by atoms with van der Waals surface area (Å²) >= 11 is 2.17. The number of aryl methyl sites for hydroxylation is 1. The van der Waals surface area contributed by atoms with Gasteiger partial charge in [-0.05, 0) is 136 Å². The summed E-state index contributed by atoms with van der Waals surface area (Å²) in [7, 11) is -4.45. The highest BCUT2D eigenvalue weighted by molar-refractivity contribution is 14.1. The molecule has 2 aliphatic heterocycles. The second-order valence-electron chi connectivity index (χ2n) is 17.1. The first-order chi connectivity index (χ1) is 29.6. The fourth-order valence-electron chi connectivity index (χ4n) is 7.66. The number of benzene rings is 3. The highest BCUT2D eigenvalue weighted by Crippen LogP contribution is 2.43. The summed E-state index contributed by atoms with van der Waals surface area (Å²) in [4.78, 5) is 67.0. The van der Waals surface area contributed by atoms with Gasteiger partial charge in [0.05, 0.1) is 21.9 Å². The Hall–Kier alpha value is -4.89. The average molecular weight is 1000 g/mol. The van der Waals surface area contributed by atoms with Crippen LogP contribution >= 0.6 is 22.6 Å². The van der Waals surface area contributed by atoms with Crippen LogP contribution in [0.25, 0.3) is 0 Å². The third-order valence-corrected chi connectivity index (χ3v) is 13.5. The van der Waals surface area contributed by atoms with Crippen LogP contribution < -0.4 is 27.4 Å². The zero-order chi connectivity index (χ0) is 46.3. The fraction of sp³-hybridized carbons (Fsp3) is 0.444. The van der Waals surface area contributed by atoms with Gasteiger partial charge in [-0.25, -0.2) is 23.2 Å². The van der Waals surface area contributed by atoms with E-state index in [1.54, 1.807) is 50.0 Å². The Bertz CT molecular complexity index is 2320. The number of nitrogens with one attached hydrogen (secondary N) is 3. The molecule has 3 aromatic rings.